The van der Waals surface area contributed by atoms with Crippen molar-refractivity contribution in [3.05, 3.63) is 23.8 Å². The van der Waals surface area contributed by atoms with Gasteiger partial charge in [-0.1, -0.05) is 52.8 Å². The Morgan fingerprint density at radius 2 is 1.65 bits per heavy atom. The van der Waals surface area contributed by atoms with E-state index < -0.39 is 8.32 Å². The highest BCUT2D eigenvalue weighted by atomic mass is 28.4. The maximum atomic E-state index is 11.8. The molecule has 0 aromatic carbocycles. The van der Waals surface area contributed by atoms with Crippen LogP contribution in [-0.2, 0) is 14.0 Å². The number of hydrogen-bond donors (Lipinski definition) is 0. The molecule has 0 fully saturated rings. The van der Waals surface area contributed by atoms with Gasteiger partial charge in [-0.15, -0.1) is 0 Å². The van der Waals surface area contributed by atoms with Crippen molar-refractivity contribution in [1.82, 2.24) is 0 Å². The molecule has 0 radical (unpaired) electrons. The van der Waals surface area contributed by atoms with Gasteiger partial charge in [-0.2, -0.15) is 0 Å². The van der Waals surface area contributed by atoms with Crippen LogP contribution in [0.2, 0.25) is 18.1 Å². The standard InChI is InChI=1S/C19H36O3Si/c1-8-13-14-18(22-23(10-3,11-4)12-5)16(6)15-17(7)19(20)21-9-2/h13-16,18H,8-12H2,1-7H3/b14-13+,17-15+. The van der Waals surface area contributed by atoms with Crippen molar-refractivity contribution < 1.29 is 14.0 Å². The monoisotopic (exact) mass is 340 g/mol. The van der Waals surface area contributed by atoms with E-state index in [4.69, 9.17) is 9.16 Å². The maximum Gasteiger partial charge on any atom is 0.333 e. The van der Waals surface area contributed by atoms with Gasteiger partial charge in [-0.3, -0.25) is 0 Å². The van der Waals surface area contributed by atoms with Gasteiger partial charge in [-0.05, 0) is 38.4 Å². The minimum Gasteiger partial charge on any atom is -0.463 e. The van der Waals surface area contributed by atoms with E-state index in [9.17, 15) is 4.79 Å². The molecule has 3 nitrogen and oxygen atoms in total. The first kappa shape index (κ1) is 22.1. The number of allylic oxidation sites excluding steroid dienone is 1. The van der Waals surface area contributed by atoms with Gasteiger partial charge in [0.1, 0.15) is 0 Å². The maximum absolute atomic E-state index is 11.8. The molecule has 0 aliphatic heterocycles. The summed E-state index contributed by atoms with van der Waals surface area (Å²) in [6, 6.07) is 3.39. The molecule has 4 heteroatoms. The molecule has 0 aromatic heterocycles. The summed E-state index contributed by atoms with van der Waals surface area (Å²) in [6.45, 7) is 15.0. The quantitative estimate of drug-likeness (QED) is 0.216. The Morgan fingerprint density at radius 1 is 1.09 bits per heavy atom. The summed E-state index contributed by atoms with van der Waals surface area (Å²) in [5.74, 6) is -0.0821. The van der Waals surface area contributed by atoms with Gasteiger partial charge in [-0.25, -0.2) is 4.79 Å². The molecule has 0 bridgehead atoms. The van der Waals surface area contributed by atoms with Crippen LogP contribution in [-0.4, -0.2) is 27.0 Å². The topological polar surface area (TPSA) is 35.5 Å². The Bertz CT molecular complexity index is 389. The minimum atomic E-state index is -1.68. The predicted octanol–water partition coefficient (Wildman–Crippen LogP) is 5.49. The van der Waals surface area contributed by atoms with Gasteiger partial charge in [0.05, 0.1) is 12.7 Å². The Labute approximate surface area is 144 Å². The molecule has 2 unspecified atom stereocenters. The van der Waals surface area contributed by atoms with Crippen LogP contribution in [0.25, 0.3) is 0 Å². The van der Waals surface area contributed by atoms with Crippen LogP contribution in [0.3, 0.4) is 0 Å². The van der Waals surface area contributed by atoms with E-state index in [1.807, 2.05) is 19.9 Å². The highest BCUT2D eigenvalue weighted by molar-refractivity contribution is 6.73. The molecule has 23 heavy (non-hydrogen) atoms. The fraction of sp³-hybridized carbons (Fsp3) is 0.737. The summed E-state index contributed by atoms with van der Waals surface area (Å²) in [5, 5.41) is 0. The first-order valence-electron chi connectivity index (χ1n) is 9.09. The van der Waals surface area contributed by atoms with Crippen molar-refractivity contribution in [3.63, 3.8) is 0 Å². The second kappa shape index (κ2) is 11.6. The Hall–Kier alpha value is -0.873. The van der Waals surface area contributed by atoms with Crippen molar-refractivity contribution >= 4 is 14.3 Å². The molecule has 0 amide bonds. The number of hydrogen-bond acceptors (Lipinski definition) is 3. The molecule has 0 saturated heterocycles. The van der Waals surface area contributed by atoms with Gasteiger partial charge in [0.25, 0.3) is 0 Å². The van der Waals surface area contributed by atoms with Gasteiger partial charge in [0.15, 0.2) is 8.32 Å². The number of esters is 1. The zero-order chi connectivity index (χ0) is 17.9. The van der Waals surface area contributed by atoms with Crippen LogP contribution in [0.15, 0.2) is 23.8 Å². The molecule has 0 saturated carbocycles. The molecule has 0 rings (SSSR count). The number of carbonyl (C=O) groups excluding carboxylic acids is 1. The van der Waals surface area contributed by atoms with Crippen molar-refractivity contribution in [2.75, 3.05) is 6.61 Å². The minimum absolute atomic E-state index is 0.0332. The molecule has 0 aliphatic rings. The highest BCUT2D eigenvalue weighted by Gasteiger charge is 2.32. The SMILES string of the molecule is CC/C=C/C(O[Si](CC)(CC)CC)C(C)/C=C(\C)C(=O)OCC. The van der Waals surface area contributed by atoms with Crippen molar-refractivity contribution in [2.45, 2.75) is 79.1 Å². The summed E-state index contributed by atoms with van der Waals surface area (Å²) in [6.07, 6.45) is 7.34. The molecule has 0 heterocycles. The summed E-state index contributed by atoms with van der Waals surface area (Å²) in [5.41, 5.74) is 0.662. The third-order valence-electron chi connectivity index (χ3n) is 4.51. The van der Waals surface area contributed by atoms with Gasteiger partial charge in [0, 0.05) is 11.5 Å². The molecule has 0 aliphatic carbocycles. The average molecular weight is 341 g/mol. The molecule has 134 valence electrons. The van der Waals surface area contributed by atoms with Crippen molar-refractivity contribution in [1.29, 1.82) is 0 Å². The van der Waals surface area contributed by atoms with Crippen LogP contribution in [0.1, 0.15) is 54.9 Å². The number of rotatable bonds is 11. The van der Waals surface area contributed by atoms with E-state index in [-0.39, 0.29) is 18.0 Å². The fourth-order valence-corrected chi connectivity index (χ4v) is 5.55. The van der Waals surface area contributed by atoms with Crippen LogP contribution >= 0.6 is 0 Å². The second-order valence-corrected chi connectivity index (χ2v) is 10.8. The smallest absolute Gasteiger partial charge is 0.333 e. The van der Waals surface area contributed by atoms with E-state index in [2.05, 4.69) is 46.8 Å². The van der Waals surface area contributed by atoms with E-state index in [1.54, 1.807) is 0 Å². The third kappa shape index (κ3) is 7.49. The summed E-state index contributed by atoms with van der Waals surface area (Å²) in [7, 11) is -1.68. The molecule has 2 atom stereocenters. The van der Waals surface area contributed by atoms with Crippen LogP contribution < -0.4 is 0 Å². The molecular formula is C19H36O3Si. The first-order chi connectivity index (χ1) is 10.9. The van der Waals surface area contributed by atoms with Gasteiger partial charge < -0.3 is 9.16 Å². The fourth-order valence-electron chi connectivity index (χ4n) is 2.68. The number of carbonyl (C=O) groups is 1. The summed E-state index contributed by atoms with van der Waals surface area (Å²) >= 11 is 0. The zero-order valence-electron chi connectivity index (χ0n) is 16.1. The highest BCUT2D eigenvalue weighted by Crippen LogP contribution is 2.27. The van der Waals surface area contributed by atoms with Crippen LogP contribution in [0.4, 0.5) is 0 Å². The normalized spacial score (nSPS) is 15.7. The lowest BCUT2D eigenvalue weighted by Crippen LogP contribution is -2.41. The first-order valence-corrected chi connectivity index (χ1v) is 11.6. The van der Waals surface area contributed by atoms with E-state index in [1.165, 1.54) is 0 Å². The Kier molecular flexibility index (Phi) is 11.2. The Morgan fingerprint density at radius 3 is 2.09 bits per heavy atom. The summed E-state index contributed by atoms with van der Waals surface area (Å²) < 4.78 is 11.7. The summed E-state index contributed by atoms with van der Waals surface area (Å²) in [4.78, 5) is 11.8. The zero-order valence-corrected chi connectivity index (χ0v) is 17.1. The second-order valence-electron chi connectivity index (χ2n) is 6.09. The molecule has 0 spiro atoms. The van der Waals surface area contributed by atoms with Crippen molar-refractivity contribution in [3.8, 4) is 0 Å². The largest absolute Gasteiger partial charge is 0.463 e. The lowest BCUT2D eigenvalue weighted by atomic mass is 10.0. The van der Waals surface area contributed by atoms with Crippen molar-refractivity contribution in [2.24, 2.45) is 5.92 Å². The third-order valence-corrected chi connectivity index (χ3v) is 9.15. The molecular weight excluding hydrogens is 304 g/mol. The molecule has 0 N–H and O–H groups in total. The lowest BCUT2D eigenvalue weighted by molar-refractivity contribution is -0.138. The van der Waals surface area contributed by atoms with E-state index in [0.717, 1.165) is 24.6 Å². The Balaban J connectivity index is 5.27. The number of ether oxygens (including phenoxy) is 1. The van der Waals surface area contributed by atoms with Gasteiger partial charge in [0.2, 0.25) is 0 Å². The lowest BCUT2D eigenvalue weighted by Gasteiger charge is -2.34. The van der Waals surface area contributed by atoms with Crippen LogP contribution in [0.5, 0.6) is 0 Å². The average Bonchev–Trinajstić information content (AvgIpc) is 2.55. The van der Waals surface area contributed by atoms with E-state index in [0.29, 0.717) is 12.2 Å². The van der Waals surface area contributed by atoms with Gasteiger partial charge >= 0.3 is 5.97 Å². The predicted molar refractivity (Wildman–Crippen MR) is 101 cm³/mol. The molecule has 0 aromatic rings. The van der Waals surface area contributed by atoms with Crippen LogP contribution in [0, 0.1) is 5.92 Å². The van der Waals surface area contributed by atoms with E-state index >= 15 is 0 Å².